The number of likely N-dealkylation sites (tertiary alicyclic amines) is 1. The van der Waals surface area contributed by atoms with E-state index in [-0.39, 0.29) is 5.41 Å². The van der Waals surface area contributed by atoms with Crippen molar-refractivity contribution < 1.29 is 18.0 Å². The Morgan fingerprint density at radius 3 is 2.67 bits per heavy atom. The number of amides is 1. The van der Waals surface area contributed by atoms with Gasteiger partial charge in [0.1, 0.15) is 11.4 Å². The fourth-order valence-electron chi connectivity index (χ4n) is 4.59. The third-order valence-electron chi connectivity index (χ3n) is 6.84. The molecule has 0 aliphatic carbocycles. The Bertz CT molecular complexity index is 1170. The number of hydrogen-bond acceptors (Lipinski definition) is 4. The first kappa shape index (κ1) is 23.5. The molecule has 0 radical (unpaired) electrons. The summed E-state index contributed by atoms with van der Waals surface area (Å²) < 4.78 is 40.1. The zero-order valence-electron chi connectivity index (χ0n) is 18.8. The zero-order valence-corrected chi connectivity index (χ0v) is 19.6. The van der Waals surface area contributed by atoms with Gasteiger partial charge in [0, 0.05) is 30.6 Å². The fraction of sp³-hybridized carbons (Fsp3) is 0.417. The lowest BCUT2D eigenvalue weighted by Crippen LogP contribution is -2.46. The standard InChI is InChI=1S/C24H27F3N4OS/c1-15-13-31(10-9-23(15,2)17-6-4-5-16(11-17)22(28)32)14-18-7-8-20(33-18)19-12-21(24(25,26)27)30(3)29-19/h4-8,11-12,15H,9-10,13-14H2,1-3H3,(H2,28,32)/t15-,23+/m0/s1. The Hall–Kier alpha value is -2.65. The van der Waals surface area contributed by atoms with Crippen molar-refractivity contribution in [3.05, 3.63) is 64.2 Å². The number of nitrogens with two attached hydrogens (primary N) is 1. The predicted octanol–water partition coefficient (Wildman–Crippen LogP) is 5.07. The highest BCUT2D eigenvalue weighted by molar-refractivity contribution is 7.15. The number of benzene rings is 1. The van der Waals surface area contributed by atoms with Gasteiger partial charge in [-0.3, -0.25) is 14.4 Å². The molecule has 1 saturated heterocycles. The van der Waals surface area contributed by atoms with E-state index in [9.17, 15) is 18.0 Å². The van der Waals surface area contributed by atoms with Crippen LogP contribution in [0.4, 0.5) is 13.2 Å². The van der Waals surface area contributed by atoms with Crippen molar-refractivity contribution in [3.63, 3.8) is 0 Å². The molecule has 2 aromatic heterocycles. The first-order chi connectivity index (χ1) is 15.5. The molecule has 0 saturated carbocycles. The lowest BCUT2D eigenvalue weighted by Gasteiger charge is -2.45. The Morgan fingerprint density at radius 2 is 2.03 bits per heavy atom. The summed E-state index contributed by atoms with van der Waals surface area (Å²) in [7, 11) is 1.31. The topological polar surface area (TPSA) is 64.2 Å². The van der Waals surface area contributed by atoms with Crippen molar-refractivity contribution >= 4 is 17.2 Å². The van der Waals surface area contributed by atoms with Gasteiger partial charge in [0.2, 0.25) is 5.91 Å². The van der Waals surface area contributed by atoms with Gasteiger partial charge in [0.05, 0.1) is 4.88 Å². The highest BCUT2D eigenvalue weighted by Gasteiger charge is 2.38. The van der Waals surface area contributed by atoms with Crippen molar-refractivity contribution in [2.75, 3.05) is 13.1 Å². The minimum Gasteiger partial charge on any atom is -0.366 e. The van der Waals surface area contributed by atoms with Crippen LogP contribution < -0.4 is 5.73 Å². The van der Waals surface area contributed by atoms with Crippen molar-refractivity contribution in [3.8, 4) is 10.6 Å². The molecular formula is C24H27F3N4OS. The highest BCUT2D eigenvalue weighted by Crippen LogP contribution is 2.40. The number of carbonyl (C=O) groups is 1. The summed E-state index contributed by atoms with van der Waals surface area (Å²) in [6.45, 7) is 6.96. The van der Waals surface area contributed by atoms with E-state index >= 15 is 0 Å². The van der Waals surface area contributed by atoms with Crippen LogP contribution in [0.5, 0.6) is 0 Å². The monoisotopic (exact) mass is 476 g/mol. The number of rotatable bonds is 5. The number of primary amides is 1. The first-order valence-electron chi connectivity index (χ1n) is 10.8. The van der Waals surface area contributed by atoms with Crippen LogP contribution in [-0.4, -0.2) is 33.7 Å². The zero-order chi connectivity index (χ0) is 24.0. The number of carbonyl (C=O) groups excluding carboxylic acids is 1. The van der Waals surface area contributed by atoms with Gasteiger partial charge in [0.25, 0.3) is 0 Å². The van der Waals surface area contributed by atoms with Crippen LogP contribution in [0.3, 0.4) is 0 Å². The van der Waals surface area contributed by atoms with E-state index in [2.05, 4.69) is 29.9 Å². The second-order valence-electron chi connectivity index (χ2n) is 9.05. The summed E-state index contributed by atoms with van der Waals surface area (Å²) in [4.78, 5) is 15.8. The molecule has 9 heteroatoms. The fourth-order valence-corrected chi connectivity index (χ4v) is 5.60. The van der Waals surface area contributed by atoms with Crippen molar-refractivity contribution in [1.29, 1.82) is 0 Å². The number of halogens is 3. The molecule has 1 aliphatic heterocycles. The number of nitrogens with zero attached hydrogens (tertiary/aromatic N) is 3. The average Bonchev–Trinajstić information content (AvgIpc) is 3.37. The third kappa shape index (κ3) is 4.70. The number of piperidine rings is 1. The van der Waals surface area contributed by atoms with Gasteiger partial charge in [-0.15, -0.1) is 11.3 Å². The molecule has 5 nitrogen and oxygen atoms in total. The van der Waals surface area contributed by atoms with Crippen LogP contribution in [0.25, 0.3) is 10.6 Å². The van der Waals surface area contributed by atoms with Gasteiger partial charge >= 0.3 is 6.18 Å². The Kier molecular flexibility index (Phi) is 6.13. The average molecular weight is 477 g/mol. The molecule has 33 heavy (non-hydrogen) atoms. The molecule has 2 atom stereocenters. The molecule has 1 amide bonds. The van der Waals surface area contributed by atoms with E-state index in [1.807, 2.05) is 24.3 Å². The van der Waals surface area contributed by atoms with Crippen LogP contribution in [0, 0.1) is 5.92 Å². The van der Waals surface area contributed by atoms with Crippen LogP contribution in [0.15, 0.2) is 42.5 Å². The molecule has 1 aromatic carbocycles. The van der Waals surface area contributed by atoms with E-state index in [0.29, 0.717) is 17.2 Å². The molecule has 3 aromatic rings. The molecule has 0 bridgehead atoms. The minimum atomic E-state index is -4.42. The van der Waals surface area contributed by atoms with Gasteiger partial charge in [-0.25, -0.2) is 0 Å². The summed E-state index contributed by atoms with van der Waals surface area (Å²) in [5.74, 6) is -0.0757. The molecule has 3 heterocycles. The molecule has 1 fully saturated rings. The van der Waals surface area contributed by atoms with Crippen LogP contribution in [0.1, 0.15) is 46.8 Å². The first-order valence-corrected chi connectivity index (χ1v) is 11.6. The third-order valence-corrected chi connectivity index (χ3v) is 7.93. The predicted molar refractivity (Wildman–Crippen MR) is 123 cm³/mol. The van der Waals surface area contributed by atoms with E-state index in [0.717, 1.165) is 52.1 Å². The van der Waals surface area contributed by atoms with E-state index < -0.39 is 17.8 Å². The van der Waals surface area contributed by atoms with Gasteiger partial charge in [-0.2, -0.15) is 18.3 Å². The summed E-state index contributed by atoms with van der Waals surface area (Å²) in [5.41, 5.74) is 6.64. The number of alkyl halides is 3. The van der Waals surface area contributed by atoms with Crippen LogP contribution in [-0.2, 0) is 25.2 Å². The van der Waals surface area contributed by atoms with Crippen LogP contribution >= 0.6 is 11.3 Å². The quantitative estimate of drug-likeness (QED) is 0.560. The van der Waals surface area contributed by atoms with Crippen molar-refractivity contribution in [2.45, 2.75) is 38.4 Å². The molecule has 1 aliphatic rings. The number of aryl methyl sites for hydroxylation is 1. The maximum atomic E-state index is 13.1. The molecule has 0 unspecified atom stereocenters. The Balaban J connectivity index is 1.45. The summed E-state index contributed by atoms with van der Waals surface area (Å²) >= 11 is 1.48. The van der Waals surface area contributed by atoms with E-state index in [4.69, 9.17) is 5.73 Å². The maximum absolute atomic E-state index is 13.1. The van der Waals surface area contributed by atoms with Crippen molar-refractivity contribution in [2.24, 2.45) is 18.7 Å². The van der Waals surface area contributed by atoms with E-state index in [1.165, 1.54) is 18.4 Å². The molecule has 2 N–H and O–H groups in total. The van der Waals surface area contributed by atoms with Gasteiger partial charge < -0.3 is 5.73 Å². The molecule has 176 valence electrons. The number of hydrogen-bond donors (Lipinski definition) is 1. The van der Waals surface area contributed by atoms with Crippen LogP contribution in [0.2, 0.25) is 0 Å². The lowest BCUT2D eigenvalue weighted by molar-refractivity contribution is -0.143. The number of aromatic nitrogens is 2. The molecular weight excluding hydrogens is 449 g/mol. The maximum Gasteiger partial charge on any atom is 0.433 e. The second kappa shape index (κ2) is 8.61. The summed E-state index contributed by atoms with van der Waals surface area (Å²) in [5, 5.41) is 4.05. The Labute approximate surface area is 195 Å². The van der Waals surface area contributed by atoms with Gasteiger partial charge in [-0.1, -0.05) is 26.0 Å². The highest BCUT2D eigenvalue weighted by atomic mass is 32.1. The molecule has 4 rings (SSSR count). The summed E-state index contributed by atoms with van der Waals surface area (Å²) in [6.07, 6.45) is -3.49. The van der Waals surface area contributed by atoms with E-state index in [1.54, 1.807) is 6.07 Å². The van der Waals surface area contributed by atoms with Gasteiger partial charge in [-0.05, 0) is 60.2 Å². The minimum absolute atomic E-state index is 0.0650. The SMILES string of the molecule is C[C@H]1CN(Cc2ccc(-c3cc(C(F)(F)F)n(C)n3)s2)CC[C@@]1(C)c1cccc(C(N)=O)c1. The second-order valence-corrected chi connectivity index (χ2v) is 10.2. The van der Waals surface area contributed by atoms with Gasteiger partial charge in [0.15, 0.2) is 0 Å². The van der Waals surface area contributed by atoms with Crippen molar-refractivity contribution in [1.82, 2.24) is 14.7 Å². The smallest absolute Gasteiger partial charge is 0.366 e. The summed E-state index contributed by atoms with van der Waals surface area (Å²) in [6, 6.07) is 12.5. The lowest BCUT2D eigenvalue weighted by atomic mass is 9.68. The molecule has 0 spiro atoms. The largest absolute Gasteiger partial charge is 0.433 e. The normalized spacial score (nSPS) is 21.9. The Morgan fingerprint density at radius 1 is 1.27 bits per heavy atom. The number of thiophene rings is 1.